The van der Waals surface area contributed by atoms with Gasteiger partial charge in [0.15, 0.2) is 5.12 Å². The van der Waals surface area contributed by atoms with Crippen molar-refractivity contribution >= 4 is 28.9 Å². The van der Waals surface area contributed by atoms with Crippen molar-refractivity contribution in [2.45, 2.75) is 52.2 Å². The molecule has 0 aromatic carbocycles. The Bertz CT molecular complexity index is 406. The molecule has 1 aliphatic rings. The first-order valence-electron chi connectivity index (χ1n) is 7.08. The van der Waals surface area contributed by atoms with Crippen LogP contribution >= 0.6 is 11.8 Å². The molecule has 1 heterocycles. The first-order valence-corrected chi connectivity index (χ1v) is 8.06. The molecule has 2 amide bonds. The molecule has 21 heavy (non-hydrogen) atoms. The zero-order chi connectivity index (χ0) is 16.0. The van der Waals surface area contributed by atoms with E-state index in [1.807, 2.05) is 0 Å². The van der Waals surface area contributed by atoms with Gasteiger partial charge in [-0.25, -0.2) is 4.79 Å². The number of carbonyl (C=O) groups is 3. The van der Waals surface area contributed by atoms with Crippen molar-refractivity contribution in [3.8, 4) is 0 Å². The predicted molar refractivity (Wildman–Crippen MR) is 82.0 cm³/mol. The lowest BCUT2D eigenvalue weighted by atomic mass is 9.99. The molecule has 0 unspecified atom stereocenters. The lowest BCUT2D eigenvalue weighted by Crippen LogP contribution is -2.42. The largest absolute Gasteiger partial charge is 0.444 e. The van der Waals surface area contributed by atoms with Crippen LogP contribution in [0.15, 0.2) is 0 Å². The summed E-state index contributed by atoms with van der Waals surface area (Å²) in [6.07, 6.45) is 0.761. The quantitative estimate of drug-likeness (QED) is 0.806. The van der Waals surface area contributed by atoms with Crippen LogP contribution in [0.4, 0.5) is 4.79 Å². The number of alkyl carbamates (subject to hydrolysis) is 1. The summed E-state index contributed by atoms with van der Waals surface area (Å²) in [6.45, 7) is 7.52. The number of carbonyl (C=O) groups excluding carboxylic acids is 3. The van der Waals surface area contributed by atoms with Gasteiger partial charge in [0.25, 0.3) is 0 Å². The SMILES string of the molecule is CC(=O)SC[C@H](C[C@@H]1CCNC1=O)NC(=O)OC(C)(C)C. The first-order chi connectivity index (χ1) is 9.67. The van der Waals surface area contributed by atoms with Crippen LogP contribution in [-0.2, 0) is 14.3 Å². The highest BCUT2D eigenvalue weighted by Gasteiger charge is 2.29. The number of hydrogen-bond donors (Lipinski definition) is 2. The lowest BCUT2D eigenvalue weighted by Gasteiger charge is -2.24. The average molecular weight is 316 g/mol. The molecule has 0 aromatic rings. The van der Waals surface area contributed by atoms with Crippen molar-refractivity contribution in [1.82, 2.24) is 10.6 Å². The maximum Gasteiger partial charge on any atom is 0.407 e. The van der Waals surface area contributed by atoms with Gasteiger partial charge < -0.3 is 15.4 Å². The minimum Gasteiger partial charge on any atom is -0.444 e. The molecular weight excluding hydrogens is 292 g/mol. The molecule has 2 N–H and O–H groups in total. The second-order valence-corrected chi connectivity index (χ2v) is 7.35. The van der Waals surface area contributed by atoms with Crippen molar-refractivity contribution in [3.05, 3.63) is 0 Å². The van der Waals surface area contributed by atoms with E-state index in [1.165, 1.54) is 6.92 Å². The van der Waals surface area contributed by atoms with Crippen LogP contribution < -0.4 is 10.6 Å². The Morgan fingerprint density at radius 2 is 2.14 bits per heavy atom. The second kappa shape index (κ2) is 7.68. The molecule has 2 atom stereocenters. The van der Waals surface area contributed by atoms with Gasteiger partial charge >= 0.3 is 6.09 Å². The minimum atomic E-state index is -0.576. The van der Waals surface area contributed by atoms with E-state index in [9.17, 15) is 14.4 Å². The van der Waals surface area contributed by atoms with E-state index in [0.29, 0.717) is 18.7 Å². The third-order valence-corrected chi connectivity index (χ3v) is 3.92. The Labute approximate surface area is 129 Å². The summed E-state index contributed by atoms with van der Waals surface area (Å²) in [5, 5.41) is 5.52. The maximum atomic E-state index is 11.8. The third kappa shape index (κ3) is 7.36. The summed E-state index contributed by atoms with van der Waals surface area (Å²) in [6, 6.07) is -0.261. The number of amides is 2. The maximum absolute atomic E-state index is 11.8. The van der Waals surface area contributed by atoms with Gasteiger partial charge in [0.1, 0.15) is 5.60 Å². The Morgan fingerprint density at radius 3 is 2.62 bits per heavy atom. The molecule has 0 bridgehead atoms. The smallest absolute Gasteiger partial charge is 0.407 e. The molecule has 0 spiro atoms. The van der Waals surface area contributed by atoms with Crippen molar-refractivity contribution < 1.29 is 19.1 Å². The molecule has 6 nitrogen and oxygen atoms in total. The molecule has 0 aromatic heterocycles. The van der Waals surface area contributed by atoms with Crippen molar-refractivity contribution in [3.63, 3.8) is 0 Å². The summed E-state index contributed by atoms with van der Waals surface area (Å²) in [5.74, 6) is 0.342. The van der Waals surface area contributed by atoms with E-state index in [2.05, 4.69) is 10.6 Å². The average Bonchev–Trinajstić information content (AvgIpc) is 2.69. The highest BCUT2D eigenvalue weighted by Crippen LogP contribution is 2.19. The van der Waals surface area contributed by atoms with Gasteiger partial charge in [-0.2, -0.15) is 0 Å². The summed E-state index contributed by atoms with van der Waals surface area (Å²) in [5.41, 5.74) is -0.576. The first kappa shape index (κ1) is 17.8. The Kier molecular flexibility index (Phi) is 6.51. The monoisotopic (exact) mass is 316 g/mol. The van der Waals surface area contributed by atoms with Gasteiger partial charge in [-0.1, -0.05) is 11.8 Å². The Hall–Kier alpha value is -1.24. The second-order valence-electron chi connectivity index (χ2n) is 6.16. The van der Waals surface area contributed by atoms with Crippen molar-refractivity contribution in [2.75, 3.05) is 12.3 Å². The number of ether oxygens (including phenoxy) is 1. The fourth-order valence-electron chi connectivity index (χ4n) is 2.07. The fraction of sp³-hybridized carbons (Fsp3) is 0.786. The molecule has 0 radical (unpaired) electrons. The van der Waals surface area contributed by atoms with Crippen LogP contribution in [0, 0.1) is 5.92 Å². The summed E-state index contributed by atoms with van der Waals surface area (Å²) >= 11 is 1.14. The highest BCUT2D eigenvalue weighted by atomic mass is 32.2. The number of rotatable bonds is 5. The highest BCUT2D eigenvalue weighted by molar-refractivity contribution is 8.13. The summed E-state index contributed by atoms with van der Waals surface area (Å²) < 4.78 is 5.22. The van der Waals surface area contributed by atoms with E-state index < -0.39 is 11.7 Å². The number of hydrogen-bond acceptors (Lipinski definition) is 5. The molecule has 120 valence electrons. The Morgan fingerprint density at radius 1 is 1.48 bits per heavy atom. The van der Waals surface area contributed by atoms with Gasteiger partial charge in [-0.3, -0.25) is 9.59 Å². The van der Waals surface area contributed by atoms with E-state index in [4.69, 9.17) is 4.74 Å². The standard InChI is InChI=1S/C14H24N2O4S/c1-9(17)21-8-11(7-10-5-6-15-12(10)18)16-13(19)20-14(2,3)4/h10-11H,5-8H2,1-4H3,(H,15,18)(H,16,19)/t10-,11-/m0/s1. The van der Waals surface area contributed by atoms with Gasteiger partial charge in [-0.15, -0.1) is 0 Å². The van der Waals surface area contributed by atoms with Crippen LogP contribution in [0.1, 0.15) is 40.5 Å². The van der Waals surface area contributed by atoms with Crippen molar-refractivity contribution in [1.29, 1.82) is 0 Å². The number of nitrogens with one attached hydrogen (secondary N) is 2. The van der Waals surface area contributed by atoms with Crippen LogP contribution in [-0.4, -0.2) is 41.1 Å². The van der Waals surface area contributed by atoms with E-state index in [1.54, 1.807) is 20.8 Å². The molecular formula is C14H24N2O4S. The summed E-state index contributed by atoms with van der Waals surface area (Å²) in [7, 11) is 0. The molecule has 1 rings (SSSR count). The van der Waals surface area contributed by atoms with E-state index in [-0.39, 0.29) is 23.0 Å². The predicted octanol–water partition coefficient (Wildman–Crippen LogP) is 1.69. The molecule has 0 saturated carbocycles. The van der Waals surface area contributed by atoms with Crippen LogP contribution in [0.2, 0.25) is 0 Å². The van der Waals surface area contributed by atoms with E-state index in [0.717, 1.165) is 18.2 Å². The molecule has 0 aliphatic carbocycles. The Balaban J connectivity index is 2.56. The normalized spacial score (nSPS) is 19.8. The van der Waals surface area contributed by atoms with Crippen LogP contribution in [0.3, 0.4) is 0 Å². The van der Waals surface area contributed by atoms with Crippen LogP contribution in [0.25, 0.3) is 0 Å². The minimum absolute atomic E-state index is 0.0122. The molecule has 1 aliphatic heterocycles. The van der Waals surface area contributed by atoms with Gasteiger partial charge in [0.05, 0.1) is 0 Å². The zero-order valence-electron chi connectivity index (χ0n) is 13.0. The van der Waals surface area contributed by atoms with E-state index >= 15 is 0 Å². The van der Waals surface area contributed by atoms with Crippen LogP contribution in [0.5, 0.6) is 0 Å². The zero-order valence-corrected chi connectivity index (χ0v) is 13.8. The fourth-order valence-corrected chi connectivity index (χ4v) is 2.73. The third-order valence-electron chi connectivity index (χ3n) is 2.94. The lowest BCUT2D eigenvalue weighted by molar-refractivity contribution is -0.122. The molecule has 1 fully saturated rings. The van der Waals surface area contributed by atoms with Gasteiger partial charge in [0, 0.05) is 31.2 Å². The molecule has 1 saturated heterocycles. The van der Waals surface area contributed by atoms with Gasteiger partial charge in [0.2, 0.25) is 5.91 Å². The van der Waals surface area contributed by atoms with Crippen molar-refractivity contribution in [2.24, 2.45) is 5.92 Å². The summed E-state index contributed by atoms with van der Waals surface area (Å²) in [4.78, 5) is 34.6. The molecule has 7 heteroatoms. The van der Waals surface area contributed by atoms with Gasteiger partial charge in [-0.05, 0) is 33.6 Å². The topological polar surface area (TPSA) is 84.5 Å². The number of thioether (sulfide) groups is 1.